The van der Waals surface area contributed by atoms with Gasteiger partial charge in [0.1, 0.15) is 19.1 Å². The zero-order valence-electron chi connectivity index (χ0n) is 13.9. The Balaban J connectivity index is 0. The molecule has 0 bridgehead atoms. The molecule has 1 fully saturated rings. The van der Waals surface area contributed by atoms with Crippen LogP contribution in [0.4, 0.5) is 26.3 Å². The lowest BCUT2D eigenvalue weighted by molar-refractivity contribution is -1.03. The minimum Gasteiger partial charge on any atom is -0.542 e. The molecule has 2 N–H and O–H groups in total. The van der Waals surface area contributed by atoms with Gasteiger partial charge in [-0.15, -0.1) is 0 Å². The summed E-state index contributed by atoms with van der Waals surface area (Å²) >= 11 is 0. The van der Waals surface area contributed by atoms with E-state index in [2.05, 4.69) is 31.3 Å². The number of carboxylic acids is 2. The van der Waals surface area contributed by atoms with Crippen molar-refractivity contribution in [1.29, 1.82) is 0 Å². The highest BCUT2D eigenvalue weighted by atomic mass is 19.4. The number of aliphatic carboxylic acids is 2. The highest BCUT2D eigenvalue weighted by Crippen LogP contribution is 2.13. The summed E-state index contributed by atoms with van der Waals surface area (Å²) in [4.78, 5) is 17.7. The molecule has 1 saturated heterocycles. The molecule has 1 aliphatic heterocycles. The lowest BCUT2D eigenvalue weighted by atomic mass is 10.3. The standard InChI is InChI=1S/C8H20N3.2C2HF3O2/c1-4-11(10(2)3)7-5-9-6-8-11;2*3-2(4,5)1(6)7/h9H,4-8H2,1-3H3;2*(H,6,7)/q+1;;/p-1. The van der Waals surface area contributed by atoms with Crippen molar-refractivity contribution in [2.45, 2.75) is 19.3 Å². The van der Waals surface area contributed by atoms with Gasteiger partial charge in [-0.3, -0.25) is 0 Å². The highest BCUT2D eigenvalue weighted by molar-refractivity contribution is 5.73. The number of hydrogen-bond donors (Lipinski definition) is 2. The van der Waals surface area contributed by atoms with Gasteiger partial charge < -0.3 is 20.3 Å². The smallest absolute Gasteiger partial charge is 0.490 e. The Hall–Kier alpha value is -1.60. The molecule has 13 heteroatoms. The number of nitrogens with one attached hydrogen (secondary N) is 1. The number of rotatable bonds is 2. The molecular weight excluding hydrogens is 364 g/mol. The summed E-state index contributed by atoms with van der Waals surface area (Å²) in [5.41, 5.74) is 0. The predicted octanol–water partition coefficient (Wildman–Crippen LogP) is -0.165. The van der Waals surface area contributed by atoms with Gasteiger partial charge in [-0.1, -0.05) is 0 Å². The second-order valence-electron chi connectivity index (χ2n) is 5.04. The number of quaternary nitrogens is 1. The summed E-state index contributed by atoms with van der Waals surface area (Å²) < 4.78 is 64.4. The second-order valence-corrected chi connectivity index (χ2v) is 5.04. The number of carboxylic acid groups (broad SMARTS) is 2. The van der Waals surface area contributed by atoms with Gasteiger partial charge in [0.2, 0.25) is 0 Å². The zero-order chi connectivity index (χ0) is 20.5. The van der Waals surface area contributed by atoms with Gasteiger partial charge in [0.15, 0.2) is 0 Å². The van der Waals surface area contributed by atoms with Crippen LogP contribution in [-0.4, -0.2) is 85.8 Å². The van der Waals surface area contributed by atoms with Crippen molar-refractivity contribution in [2.24, 2.45) is 0 Å². The van der Waals surface area contributed by atoms with Gasteiger partial charge in [0, 0.05) is 27.2 Å². The molecule has 0 saturated carbocycles. The van der Waals surface area contributed by atoms with E-state index in [1.807, 2.05) is 0 Å². The van der Waals surface area contributed by atoms with Gasteiger partial charge >= 0.3 is 18.3 Å². The number of likely N-dealkylation sites (N-methyl/N-ethyl adjacent to an activating group) is 1. The average Bonchev–Trinajstić information content (AvgIpc) is 2.47. The van der Waals surface area contributed by atoms with Crippen LogP contribution in [0, 0.1) is 0 Å². The van der Waals surface area contributed by atoms with Crippen molar-refractivity contribution in [3.8, 4) is 0 Å². The summed E-state index contributed by atoms with van der Waals surface area (Å²) in [6, 6.07) is 0. The van der Waals surface area contributed by atoms with Gasteiger partial charge in [-0.05, 0) is 6.92 Å². The highest BCUT2D eigenvalue weighted by Gasteiger charge is 2.38. The Morgan fingerprint density at radius 2 is 1.40 bits per heavy atom. The molecule has 7 nitrogen and oxygen atoms in total. The molecule has 0 amide bonds. The Kier molecular flexibility index (Phi) is 10.7. The SMILES string of the molecule is CC[N+]1(N(C)C)CCNCC1.O=C(O)C(F)(F)F.O=C([O-])C(F)(F)F. The summed E-state index contributed by atoms with van der Waals surface area (Å²) in [6.45, 7) is 8.28. The summed E-state index contributed by atoms with van der Waals surface area (Å²) in [7, 11) is 4.35. The van der Waals surface area contributed by atoms with Crippen LogP contribution in [-0.2, 0) is 9.59 Å². The fraction of sp³-hybridized carbons (Fsp3) is 0.833. The fourth-order valence-corrected chi connectivity index (χ4v) is 1.81. The molecule has 25 heavy (non-hydrogen) atoms. The average molecular weight is 385 g/mol. The number of carbonyl (C=O) groups is 2. The number of hydrogen-bond acceptors (Lipinski definition) is 5. The fourth-order valence-electron chi connectivity index (χ4n) is 1.81. The minimum atomic E-state index is -5.19. The van der Waals surface area contributed by atoms with Crippen molar-refractivity contribution >= 4 is 11.9 Å². The maximum Gasteiger partial charge on any atom is 0.490 e. The first-order valence-electron chi connectivity index (χ1n) is 6.93. The Morgan fingerprint density at radius 1 is 1.08 bits per heavy atom. The molecule has 0 aromatic carbocycles. The predicted molar refractivity (Wildman–Crippen MR) is 71.8 cm³/mol. The molecule has 0 aliphatic carbocycles. The monoisotopic (exact) mass is 385 g/mol. The van der Waals surface area contributed by atoms with Crippen molar-refractivity contribution in [3.05, 3.63) is 0 Å². The second kappa shape index (κ2) is 10.4. The Bertz CT molecular complexity index is 396. The molecule has 150 valence electrons. The Labute approximate surface area is 140 Å². The molecule has 0 spiro atoms. The lowest BCUT2D eigenvalue weighted by Crippen LogP contribution is -2.64. The Morgan fingerprint density at radius 3 is 1.52 bits per heavy atom. The first-order chi connectivity index (χ1) is 11.1. The van der Waals surface area contributed by atoms with Crippen LogP contribution in [0.2, 0.25) is 0 Å². The van der Waals surface area contributed by atoms with Crippen LogP contribution in [0.15, 0.2) is 0 Å². The topological polar surface area (TPSA) is 92.7 Å². The molecule has 0 aromatic heterocycles. The van der Waals surface area contributed by atoms with Gasteiger partial charge in [0.05, 0.1) is 6.54 Å². The third-order valence-electron chi connectivity index (χ3n) is 3.32. The number of piperazine rings is 1. The van der Waals surface area contributed by atoms with Crippen LogP contribution in [0.25, 0.3) is 0 Å². The molecule has 1 heterocycles. The maximum atomic E-state index is 10.6. The third kappa shape index (κ3) is 10.8. The first kappa shape index (κ1) is 25.6. The van der Waals surface area contributed by atoms with Crippen molar-refractivity contribution in [1.82, 2.24) is 10.3 Å². The molecule has 1 aliphatic rings. The van der Waals surface area contributed by atoms with E-state index in [1.165, 1.54) is 19.6 Å². The van der Waals surface area contributed by atoms with Gasteiger partial charge in [-0.2, -0.15) is 31.4 Å². The molecular formula is C12H21F6N3O4. The normalized spacial score (nSPS) is 16.9. The quantitative estimate of drug-likeness (QED) is 0.507. The molecule has 0 radical (unpaired) electrons. The van der Waals surface area contributed by atoms with E-state index >= 15 is 0 Å². The first-order valence-corrected chi connectivity index (χ1v) is 6.93. The number of carbonyl (C=O) groups excluding carboxylic acids is 1. The van der Waals surface area contributed by atoms with Crippen molar-refractivity contribution in [2.75, 3.05) is 46.8 Å². The summed E-state index contributed by atoms with van der Waals surface area (Å²) in [5.74, 6) is -5.76. The minimum absolute atomic E-state index is 1.15. The lowest BCUT2D eigenvalue weighted by Gasteiger charge is -2.44. The number of halogens is 6. The summed E-state index contributed by atoms with van der Waals surface area (Å²) in [5, 5.41) is 21.6. The van der Waals surface area contributed by atoms with Crippen LogP contribution in [0.5, 0.6) is 0 Å². The zero-order valence-corrected chi connectivity index (χ0v) is 13.9. The number of alkyl halides is 6. The van der Waals surface area contributed by atoms with Crippen LogP contribution in [0.3, 0.4) is 0 Å². The molecule has 0 aromatic rings. The van der Waals surface area contributed by atoms with E-state index in [0.29, 0.717) is 0 Å². The van der Waals surface area contributed by atoms with E-state index in [-0.39, 0.29) is 0 Å². The van der Waals surface area contributed by atoms with Crippen molar-refractivity contribution < 1.29 is 50.7 Å². The van der Waals surface area contributed by atoms with E-state index in [9.17, 15) is 26.3 Å². The van der Waals surface area contributed by atoms with Gasteiger partial charge in [-0.25, -0.2) is 9.39 Å². The van der Waals surface area contributed by atoms with Crippen LogP contribution < -0.4 is 10.4 Å². The van der Waals surface area contributed by atoms with Gasteiger partial charge in [0.25, 0.3) is 0 Å². The van der Waals surface area contributed by atoms with E-state index in [1.54, 1.807) is 0 Å². The van der Waals surface area contributed by atoms with E-state index in [0.717, 1.165) is 17.7 Å². The van der Waals surface area contributed by atoms with E-state index < -0.39 is 24.3 Å². The maximum absolute atomic E-state index is 10.6. The largest absolute Gasteiger partial charge is 0.542 e. The van der Waals surface area contributed by atoms with Crippen molar-refractivity contribution in [3.63, 3.8) is 0 Å². The molecule has 1 rings (SSSR count). The third-order valence-corrected chi connectivity index (χ3v) is 3.32. The molecule has 0 atom stereocenters. The van der Waals surface area contributed by atoms with Crippen LogP contribution in [0.1, 0.15) is 6.92 Å². The summed E-state index contributed by atoms with van der Waals surface area (Å²) in [6.07, 6.45) is -10.3. The number of nitrogens with zero attached hydrogens (tertiary/aromatic N) is 2. The molecule has 0 unspecified atom stereocenters. The van der Waals surface area contributed by atoms with E-state index in [4.69, 9.17) is 19.8 Å². The van der Waals surface area contributed by atoms with Crippen LogP contribution >= 0.6 is 0 Å².